The number of rotatable bonds is 2. The predicted molar refractivity (Wildman–Crippen MR) is 109 cm³/mol. The summed E-state index contributed by atoms with van der Waals surface area (Å²) in [5, 5.41) is 3.73. The summed E-state index contributed by atoms with van der Waals surface area (Å²) in [6.45, 7) is 2.21. The number of nitrogens with one attached hydrogen (secondary N) is 1. The fraction of sp³-hybridized carbons (Fsp3) is 0.208. The number of halogens is 1. The van der Waals surface area contributed by atoms with Crippen molar-refractivity contribution in [2.45, 2.75) is 18.8 Å². The number of benzene rings is 3. The van der Waals surface area contributed by atoms with Crippen molar-refractivity contribution in [1.82, 2.24) is 0 Å². The summed E-state index contributed by atoms with van der Waals surface area (Å²) in [7, 11) is 0. The molecule has 3 aliphatic carbocycles. The Kier molecular flexibility index (Phi) is 3.84. The Morgan fingerprint density at radius 2 is 1.37 bits per heavy atom. The van der Waals surface area contributed by atoms with Crippen LogP contribution in [0, 0.1) is 11.8 Å². The van der Waals surface area contributed by atoms with Gasteiger partial charge in [-0.1, -0.05) is 73.1 Å². The van der Waals surface area contributed by atoms with E-state index in [1.807, 2.05) is 18.2 Å². The molecule has 0 saturated heterocycles. The Hall–Kier alpha value is -2.58. The Morgan fingerprint density at radius 3 is 1.93 bits per heavy atom. The Labute approximate surface area is 164 Å². The third-order valence-corrected chi connectivity index (χ3v) is 6.41. The molecule has 0 fully saturated rings. The first-order valence-electron chi connectivity index (χ1n) is 9.39. The SMILES string of the molecule is C[C@@H]1C2c3ccccc3C(c3ccccc32)[C@@H]1C(=O)Nc1cccc(Cl)c1. The smallest absolute Gasteiger partial charge is 0.228 e. The Balaban J connectivity index is 1.60. The van der Waals surface area contributed by atoms with E-state index in [2.05, 4.69) is 60.8 Å². The number of carbonyl (C=O) groups excluding carboxylic acids is 1. The van der Waals surface area contributed by atoms with Crippen LogP contribution in [0.2, 0.25) is 5.02 Å². The van der Waals surface area contributed by atoms with E-state index in [0.717, 1.165) is 5.69 Å². The van der Waals surface area contributed by atoms with Gasteiger partial charge < -0.3 is 5.32 Å². The van der Waals surface area contributed by atoms with Crippen LogP contribution in [0.15, 0.2) is 72.8 Å². The third-order valence-electron chi connectivity index (χ3n) is 6.18. The zero-order valence-electron chi connectivity index (χ0n) is 15.0. The van der Waals surface area contributed by atoms with Crippen LogP contribution in [0.5, 0.6) is 0 Å². The van der Waals surface area contributed by atoms with Gasteiger partial charge in [0.05, 0.1) is 5.92 Å². The first-order valence-corrected chi connectivity index (χ1v) is 9.77. The van der Waals surface area contributed by atoms with E-state index in [-0.39, 0.29) is 29.6 Å². The quantitative estimate of drug-likeness (QED) is 0.602. The lowest BCUT2D eigenvalue weighted by molar-refractivity contribution is -0.122. The number of fused-ring (bicyclic) bond motifs is 1. The topological polar surface area (TPSA) is 29.1 Å². The minimum atomic E-state index is -0.0984. The van der Waals surface area contributed by atoms with Crippen LogP contribution in [-0.2, 0) is 4.79 Å². The second-order valence-corrected chi connectivity index (χ2v) is 8.03. The van der Waals surface area contributed by atoms with Crippen molar-refractivity contribution in [2.75, 3.05) is 5.32 Å². The average molecular weight is 374 g/mol. The van der Waals surface area contributed by atoms with Gasteiger partial charge in [-0.05, 0) is 46.4 Å². The lowest BCUT2D eigenvalue weighted by Crippen LogP contribution is -2.44. The van der Waals surface area contributed by atoms with Gasteiger partial charge in [-0.3, -0.25) is 4.79 Å². The Morgan fingerprint density at radius 1 is 0.815 bits per heavy atom. The molecule has 0 aromatic heterocycles. The predicted octanol–water partition coefficient (Wildman–Crippen LogP) is 5.82. The lowest BCUT2D eigenvalue weighted by Gasteiger charge is -2.49. The summed E-state index contributed by atoms with van der Waals surface area (Å²) < 4.78 is 0. The molecular weight excluding hydrogens is 354 g/mol. The summed E-state index contributed by atoms with van der Waals surface area (Å²) >= 11 is 6.09. The van der Waals surface area contributed by atoms with Gasteiger partial charge in [-0.15, -0.1) is 0 Å². The fourth-order valence-electron chi connectivity index (χ4n) is 5.14. The van der Waals surface area contributed by atoms with Crippen molar-refractivity contribution >= 4 is 23.2 Å². The van der Waals surface area contributed by atoms with Crippen molar-refractivity contribution in [3.05, 3.63) is 100 Å². The minimum absolute atomic E-state index is 0.0729. The molecule has 0 unspecified atom stereocenters. The van der Waals surface area contributed by atoms with Crippen LogP contribution in [0.3, 0.4) is 0 Å². The molecule has 3 heteroatoms. The van der Waals surface area contributed by atoms with Crippen molar-refractivity contribution in [3.63, 3.8) is 0 Å². The van der Waals surface area contributed by atoms with Gasteiger partial charge in [0.2, 0.25) is 5.91 Å². The van der Waals surface area contributed by atoms with Crippen LogP contribution in [0.4, 0.5) is 5.69 Å². The molecule has 0 radical (unpaired) electrons. The molecule has 2 nitrogen and oxygen atoms in total. The first-order chi connectivity index (χ1) is 13.1. The summed E-state index contributed by atoms with van der Waals surface area (Å²) in [6.07, 6.45) is 0. The highest BCUT2D eigenvalue weighted by Crippen LogP contribution is 2.58. The molecule has 3 aliphatic rings. The molecule has 3 aromatic rings. The molecule has 2 atom stereocenters. The number of hydrogen-bond donors (Lipinski definition) is 1. The van der Waals surface area contributed by atoms with E-state index < -0.39 is 0 Å². The maximum absolute atomic E-state index is 13.3. The second kappa shape index (κ2) is 6.24. The van der Waals surface area contributed by atoms with Gasteiger partial charge >= 0.3 is 0 Å². The van der Waals surface area contributed by atoms with Crippen molar-refractivity contribution in [3.8, 4) is 0 Å². The lowest BCUT2D eigenvalue weighted by atomic mass is 9.54. The van der Waals surface area contributed by atoms with Crippen LogP contribution in [0.25, 0.3) is 0 Å². The van der Waals surface area contributed by atoms with Crippen molar-refractivity contribution < 1.29 is 4.79 Å². The number of amides is 1. The Bertz CT molecular complexity index is 996. The van der Waals surface area contributed by atoms with E-state index >= 15 is 0 Å². The monoisotopic (exact) mass is 373 g/mol. The minimum Gasteiger partial charge on any atom is -0.326 e. The molecule has 0 heterocycles. The number of carbonyl (C=O) groups is 1. The van der Waals surface area contributed by atoms with E-state index in [1.54, 1.807) is 6.07 Å². The molecule has 0 aliphatic heterocycles. The second-order valence-electron chi connectivity index (χ2n) is 7.60. The normalized spacial score (nSPS) is 24.8. The molecule has 1 N–H and O–H groups in total. The third kappa shape index (κ3) is 2.51. The van der Waals surface area contributed by atoms with Crippen molar-refractivity contribution in [2.24, 2.45) is 11.8 Å². The first kappa shape index (κ1) is 16.6. The standard InChI is InChI=1S/C24H20ClNO/c1-14-21-17-9-2-4-11-19(17)23(20-12-5-3-10-18(20)21)22(14)24(27)26-16-8-6-7-15(25)13-16/h2-14,21-23H,1H3,(H,26,27)/t14-,21?,22-,23?/m1/s1. The number of anilines is 1. The van der Waals surface area contributed by atoms with Crippen LogP contribution in [-0.4, -0.2) is 5.91 Å². The highest BCUT2D eigenvalue weighted by atomic mass is 35.5. The number of hydrogen-bond acceptors (Lipinski definition) is 1. The molecule has 2 bridgehead atoms. The van der Waals surface area contributed by atoms with Gasteiger partial charge in [-0.2, -0.15) is 0 Å². The molecule has 0 spiro atoms. The zero-order valence-corrected chi connectivity index (χ0v) is 15.8. The molecule has 3 aromatic carbocycles. The summed E-state index contributed by atoms with van der Waals surface area (Å²) in [6, 6.07) is 24.6. The van der Waals surface area contributed by atoms with Gasteiger partial charge in [0.25, 0.3) is 0 Å². The summed E-state index contributed by atoms with van der Waals surface area (Å²) in [5.74, 6) is 0.565. The van der Waals surface area contributed by atoms with Crippen LogP contribution in [0.1, 0.15) is 41.0 Å². The summed E-state index contributed by atoms with van der Waals surface area (Å²) in [5.41, 5.74) is 6.10. The van der Waals surface area contributed by atoms with Crippen LogP contribution < -0.4 is 5.32 Å². The van der Waals surface area contributed by atoms with Gasteiger partial charge in [-0.25, -0.2) is 0 Å². The molecular formula is C24H20ClNO. The van der Waals surface area contributed by atoms with E-state index in [1.165, 1.54) is 22.3 Å². The van der Waals surface area contributed by atoms with Gasteiger partial charge in [0.1, 0.15) is 0 Å². The molecule has 1 amide bonds. The maximum atomic E-state index is 13.3. The van der Waals surface area contributed by atoms with Crippen molar-refractivity contribution in [1.29, 1.82) is 0 Å². The maximum Gasteiger partial charge on any atom is 0.228 e. The highest BCUT2D eigenvalue weighted by Gasteiger charge is 2.50. The largest absolute Gasteiger partial charge is 0.326 e. The van der Waals surface area contributed by atoms with E-state index in [0.29, 0.717) is 5.02 Å². The molecule has 6 rings (SSSR count). The average Bonchev–Trinajstić information content (AvgIpc) is 2.68. The molecule has 27 heavy (non-hydrogen) atoms. The molecule has 0 saturated carbocycles. The van der Waals surface area contributed by atoms with E-state index in [4.69, 9.17) is 11.6 Å². The van der Waals surface area contributed by atoms with Gasteiger partial charge in [0, 0.05) is 22.5 Å². The highest BCUT2D eigenvalue weighted by molar-refractivity contribution is 6.30. The molecule has 134 valence electrons. The van der Waals surface area contributed by atoms with E-state index in [9.17, 15) is 4.79 Å². The van der Waals surface area contributed by atoms with Crippen LogP contribution >= 0.6 is 11.6 Å². The zero-order chi connectivity index (χ0) is 18.5. The fourth-order valence-corrected chi connectivity index (χ4v) is 5.33. The van der Waals surface area contributed by atoms with Gasteiger partial charge in [0.15, 0.2) is 0 Å². The summed E-state index contributed by atoms with van der Waals surface area (Å²) in [4.78, 5) is 13.3.